The van der Waals surface area contributed by atoms with E-state index in [1.807, 2.05) is 0 Å². The van der Waals surface area contributed by atoms with E-state index in [9.17, 15) is 13.2 Å². The monoisotopic (exact) mass is 179 g/mol. The molecule has 0 aromatic heterocycles. The molecular weight excluding hydrogens is 170 g/mol. The maximum Gasteiger partial charge on any atom is 0.404 e. The summed E-state index contributed by atoms with van der Waals surface area (Å²) < 4.78 is 21.6. The molecule has 0 aromatic rings. The van der Waals surface area contributed by atoms with Gasteiger partial charge in [0.05, 0.1) is 11.5 Å². The fraction of sp³-hybridized carbons (Fsp3) is 0.800. The molecule has 11 heavy (non-hydrogen) atoms. The maximum atomic E-state index is 10.8. The van der Waals surface area contributed by atoms with Crippen molar-refractivity contribution in [1.82, 2.24) is 5.32 Å². The molecule has 0 radical (unpaired) electrons. The standard InChI is InChI=1S/C5H9NO4S/c7-5(8)6-4-1-2-11(9,10)3-4/h4,6H,1-3H2,(H,7,8)/t4-/m1/s1. The molecule has 2 N–H and O–H groups in total. The predicted octanol–water partition coefficient (Wildman–Crippen LogP) is -0.559. The molecule has 0 aliphatic carbocycles. The minimum absolute atomic E-state index is 0.0563. The van der Waals surface area contributed by atoms with Crippen LogP contribution in [-0.4, -0.2) is 37.2 Å². The quantitative estimate of drug-likeness (QED) is 0.565. The van der Waals surface area contributed by atoms with Crippen LogP contribution in [0.5, 0.6) is 0 Å². The second-order valence-corrected chi connectivity index (χ2v) is 4.78. The van der Waals surface area contributed by atoms with Gasteiger partial charge in [0.1, 0.15) is 0 Å². The van der Waals surface area contributed by atoms with Gasteiger partial charge in [-0.2, -0.15) is 0 Å². The Bertz CT molecular complexity index is 258. The molecule has 6 heteroatoms. The van der Waals surface area contributed by atoms with Gasteiger partial charge in [0.15, 0.2) is 9.84 Å². The summed E-state index contributed by atoms with van der Waals surface area (Å²) in [5, 5.41) is 10.4. The highest BCUT2D eigenvalue weighted by Gasteiger charge is 2.28. The largest absolute Gasteiger partial charge is 0.465 e. The summed E-state index contributed by atoms with van der Waals surface area (Å²) in [5.74, 6) is 0.0389. The van der Waals surface area contributed by atoms with Crippen molar-refractivity contribution in [1.29, 1.82) is 0 Å². The molecule has 1 amide bonds. The third-order valence-corrected chi connectivity index (χ3v) is 3.33. The Balaban J connectivity index is 2.49. The van der Waals surface area contributed by atoms with Crippen molar-refractivity contribution in [2.24, 2.45) is 0 Å². The normalized spacial score (nSPS) is 28.2. The fourth-order valence-electron chi connectivity index (χ4n) is 1.08. The number of nitrogens with one attached hydrogen (secondary N) is 1. The third-order valence-electron chi connectivity index (χ3n) is 1.56. The highest BCUT2D eigenvalue weighted by atomic mass is 32.2. The average molecular weight is 179 g/mol. The van der Waals surface area contributed by atoms with Crippen LogP contribution in [0.3, 0.4) is 0 Å². The fourth-order valence-corrected chi connectivity index (χ4v) is 2.76. The van der Waals surface area contributed by atoms with Crippen molar-refractivity contribution in [2.45, 2.75) is 12.5 Å². The lowest BCUT2D eigenvalue weighted by Crippen LogP contribution is -2.34. The average Bonchev–Trinajstić information content (AvgIpc) is 2.08. The van der Waals surface area contributed by atoms with E-state index in [2.05, 4.69) is 5.32 Å². The zero-order valence-corrected chi connectivity index (χ0v) is 6.60. The first kappa shape index (κ1) is 8.32. The molecule has 1 heterocycles. The first-order chi connectivity index (χ1) is 4.99. The molecule has 0 saturated carbocycles. The molecule has 1 aliphatic heterocycles. The van der Waals surface area contributed by atoms with Crippen LogP contribution in [0, 0.1) is 0 Å². The number of carboxylic acid groups (broad SMARTS) is 1. The molecule has 0 spiro atoms. The Morgan fingerprint density at radius 1 is 1.55 bits per heavy atom. The number of sulfone groups is 1. The summed E-state index contributed by atoms with van der Waals surface area (Å²) in [6, 6.07) is -0.405. The van der Waals surface area contributed by atoms with Crippen molar-refractivity contribution in [2.75, 3.05) is 11.5 Å². The Hall–Kier alpha value is -0.780. The molecule has 0 unspecified atom stereocenters. The van der Waals surface area contributed by atoms with E-state index < -0.39 is 22.0 Å². The van der Waals surface area contributed by atoms with E-state index in [1.54, 1.807) is 0 Å². The topological polar surface area (TPSA) is 83.5 Å². The number of hydrogen-bond acceptors (Lipinski definition) is 3. The van der Waals surface area contributed by atoms with Gasteiger partial charge in [-0.15, -0.1) is 0 Å². The molecule has 1 fully saturated rings. The van der Waals surface area contributed by atoms with Crippen LogP contribution in [0.15, 0.2) is 0 Å². The second kappa shape index (κ2) is 2.69. The van der Waals surface area contributed by atoms with E-state index >= 15 is 0 Å². The van der Waals surface area contributed by atoms with Crippen molar-refractivity contribution in [3.8, 4) is 0 Å². The summed E-state index contributed by atoms with van der Waals surface area (Å²) in [6.45, 7) is 0. The number of carbonyl (C=O) groups is 1. The second-order valence-electron chi connectivity index (χ2n) is 2.55. The zero-order chi connectivity index (χ0) is 8.48. The number of hydrogen-bond donors (Lipinski definition) is 2. The van der Waals surface area contributed by atoms with E-state index in [-0.39, 0.29) is 11.5 Å². The summed E-state index contributed by atoms with van der Waals surface area (Å²) >= 11 is 0. The van der Waals surface area contributed by atoms with Gasteiger partial charge >= 0.3 is 6.09 Å². The van der Waals surface area contributed by atoms with Crippen molar-refractivity contribution >= 4 is 15.9 Å². The van der Waals surface area contributed by atoms with Gasteiger partial charge in [-0.1, -0.05) is 0 Å². The van der Waals surface area contributed by atoms with Crippen molar-refractivity contribution < 1.29 is 18.3 Å². The van der Waals surface area contributed by atoms with Crippen LogP contribution in [0.25, 0.3) is 0 Å². The van der Waals surface area contributed by atoms with Crippen LogP contribution in [-0.2, 0) is 9.84 Å². The first-order valence-corrected chi connectivity index (χ1v) is 5.01. The van der Waals surface area contributed by atoms with Crippen molar-refractivity contribution in [3.05, 3.63) is 0 Å². The maximum absolute atomic E-state index is 10.8. The summed E-state index contributed by atoms with van der Waals surface area (Å²) in [5.41, 5.74) is 0. The van der Waals surface area contributed by atoms with Crippen LogP contribution >= 0.6 is 0 Å². The summed E-state index contributed by atoms with van der Waals surface area (Å²) in [6.07, 6.45) is -0.763. The van der Waals surface area contributed by atoms with Crippen LogP contribution in [0.4, 0.5) is 4.79 Å². The van der Waals surface area contributed by atoms with Crippen molar-refractivity contribution in [3.63, 3.8) is 0 Å². The predicted molar refractivity (Wildman–Crippen MR) is 38.2 cm³/mol. The van der Waals surface area contributed by atoms with Crippen LogP contribution in [0.1, 0.15) is 6.42 Å². The van der Waals surface area contributed by atoms with Gasteiger partial charge in [0, 0.05) is 6.04 Å². The molecular formula is C5H9NO4S. The minimum Gasteiger partial charge on any atom is -0.465 e. The van der Waals surface area contributed by atoms with Gasteiger partial charge < -0.3 is 10.4 Å². The highest BCUT2D eigenvalue weighted by Crippen LogP contribution is 2.10. The molecule has 64 valence electrons. The molecule has 1 saturated heterocycles. The summed E-state index contributed by atoms with van der Waals surface area (Å²) in [7, 11) is -2.97. The van der Waals surface area contributed by atoms with Gasteiger partial charge in [0.25, 0.3) is 0 Å². The molecule has 1 rings (SSSR count). The summed E-state index contributed by atoms with van der Waals surface area (Å²) in [4.78, 5) is 10.1. The Kier molecular flexibility index (Phi) is 2.03. The first-order valence-electron chi connectivity index (χ1n) is 3.19. The van der Waals surface area contributed by atoms with Crippen LogP contribution in [0.2, 0.25) is 0 Å². The smallest absolute Gasteiger partial charge is 0.404 e. The molecule has 1 aliphatic rings. The lowest BCUT2D eigenvalue weighted by Gasteiger charge is -2.04. The van der Waals surface area contributed by atoms with Gasteiger partial charge in [-0.25, -0.2) is 13.2 Å². The lowest BCUT2D eigenvalue weighted by atomic mass is 10.3. The van der Waals surface area contributed by atoms with E-state index in [1.165, 1.54) is 0 Å². The Morgan fingerprint density at radius 2 is 2.18 bits per heavy atom. The minimum atomic E-state index is -2.97. The van der Waals surface area contributed by atoms with Gasteiger partial charge in [-0.05, 0) is 6.42 Å². The Morgan fingerprint density at radius 3 is 2.55 bits per heavy atom. The number of amides is 1. The molecule has 1 atom stereocenters. The lowest BCUT2D eigenvalue weighted by molar-refractivity contribution is 0.191. The van der Waals surface area contributed by atoms with E-state index in [0.29, 0.717) is 6.42 Å². The van der Waals surface area contributed by atoms with E-state index in [4.69, 9.17) is 5.11 Å². The zero-order valence-electron chi connectivity index (χ0n) is 5.78. The molecule has 0 aromatic carbocycles. The molecule has 5 nitrogen and oxygen atoms in total. The Labute approximate surface area is 64.3 Å². The van der Waals surface area contributed by atoms with Gasteiger partial charge in [-0.3, -0.25) is 0 Å². The van der Waals surface area contributed by atoms with Crippen LogP contribution < -0.4 is 5.32 Å². The van der Waals surface area contributed by atoms with Gasteiger partial charge in [0.2, 0.25) is 0 Å². The third kappa shape index (κ3) is 2.38. The molecule has 0 bridgehead atoms. The highest BCUT2D eigenvalue weighted by molar-refractivity contribution is 7.91. The SMILES string of the molecule is O=C(O)N[C@@H]1CCS(=O)(=O)C1. The number of rotatable bonds is 1. The van der Waals surface area contributed by atoms with E-state index in [0.717, 1.165) is 0 Å².